The number of hydrogen-bond acceptors (Lipinski definition) is 4. The van der Waals surface area contributed by atoms with Crippen molar-refractivity contribution in [3.8, 4) is 33.9 Å². The first kappa shape index (κ1) is 25.2. The van der Waals surface area contributed by atoms with Gasteiger partial charge in [-0.05, 0) is 47.5 Å². The number of ether oxygens (including phenoxy) is 2. The van der Waals surface area contributed by atoms with Crippen LogP contribution in [0.3, 0.4) is 0 Å². The first-order chi connectivity index (χ1) is 18.0. The van der Waals surface area contributed by atoms with Crippen LogP contribution in [0.2, 0.25) is 0 Å². The van der Waals surface area contributed by atoms with Crippen molar-refractivity contribution in [3.63, 3.8) is 0 Å². The van der Waals surface area contributed by atoms with Crippen LogP contribution in [0, 0.1) is 0 Å². The standard InChI is InChI=1S/C26H17F6N3O3/c27-23(28)37-18-9-7-17(8-10-18)22-19(16-4-2-1-3-5-16)14-35(34-22)24(36)33-13-15-6-11-21-20(12-15)25(29,30)26(31,32)38-21/h1-12,14,23H,13H2,(H,33,36). The van der Waals surface area contributed by atoms with Gasteiger partial charge >= 0.3 is 24.7 Å². The Labute approximate surface area is 211 Å². The Hall–Kier alpha value is -4.48. The van der Waals surface area contributed by atoms with Crippen LogP contribution in [-0.2, 0) is 12.5 Å². The number of fused-ring (bicyclic) bond motifs is 1. The SMILES string of the molecule is O=C(NCc1ccc2c(c1)C(F)(F)C(F)(F)O2)n1cc(-c2ccccc2)c(-c2ccc(OC(F)F)cc2)n1. The number of carbonyl (C=O) groups is 1. The molecule has 1 aliphatic rings. The van der Waals surface area contributed by atoms with Crippen molar-refractivity contribution in [1.29, 1.82) is 0 Å². The monoisotopic (exact) mass is 533 g/mol. The minimum atomic E-state index is -4.67. The Morgan fingerprint density at radius 3 is 2.37 bits per heavy atom. The van der Waals surface area contributed by atoms with Crippen molar-refractivity contribution < 1.29 is 40.6 Å². The quantitative estimate of drug-likeness (QED) is 0.282. The van der Waals surface area contributed by atoms with Crippen molar-refractivity contribution in [2.45, 2.75) is 25.2 Å². The molecule has 0 unspecified atom stereocenters. The Balaban J connectivity index is 1.39. The summed E-state index contributed by atoms with van der Waals surface area (Å²) in [6.45, 7) is -3.24. The van der Waals surface area contributed by atoms with Crippen molar-refractivity contribution >= 4 is 6.03 Å². The topological polar surface area (TPSA) is 65.4 Å². The Morgan fingerprint density at radius 2 is 1.68 bits per heavy atom. The third-order valence-electron chi connectivity index (χ3n) is 5.79. The molecule has 0 aliphatic carbocycles. The van der Waals surface area contributed by atoms with Gasteiger partial charge in [-0.3, -0.25) is 0 Å². The molecule has 0 bridgehead atoms. The van der Waals surface area contributed by atoms with E-state index in [0.29, 0.717) is 16.8 Å². The van der Waals surface area contributed by atoms with Gasteiger partial charge in [0.15, 0.2) is 0 Å². The van der Waals surface area contributed by atoms with Crippen LogP contribution in [0.15, 0.2) is 79.0 Å². The fraction of sp³-hybridized carbons (Fsp3) is 0.154. The highest BCUT2D eigenvalue weighted by Gasteiger charge is 2.66. The molecule has 12 heteroatoms. The zero-order chi connectivity index (χ0) is 27.1. The van der Waals surface area contributed by atoms with Crippen LogP contribution < -0.4 is 14.8 Å². The fourth-order valence-corrected chi connectivity index (χ4v) is 3.95. The Morgan fingerprint density at radius 1 is 0.974 bits per heavy atom. The van der Waals surface area contributed by atoms with E-state index in [1.807, 2.05) is 0 Å². The molecule has 1 aliphatic heterocycles. The lowest BCUT2D eigenvalue weighted by Gasteiger charge is -2.16. The highest BCUT2D eigenvalue weighted by atomic mass is 19.3. The molecule has 6 nitrogen and oxygen atoms in total. The third kappa shape index (κ3) is 4.64. The lowest BCUT2D eigenvalue weighted by Crippen LogP contribution is -2.37. The summed E-state index contributed by atoms with van der Waals surface area (Å²) in [5.41, 5.74) is 1.32. The molecule has 0 radical (unpaired) electrons. The normalized spacial score (nSPS) is 15.1. The summed E-state index contributed by atoms with van der Waals surface area (Å²) < 4.78 is 89.4. The zero-order valence-electron chi connectivity index (χ0n) is 19.2. The number of amides is 1. The van der Waals surface area contributed by atoms with E-state index in [1.54, 1.807) is 30.3 Å². The van der Waals surface area contributed by atoms with Gasteiger partial charge in [-0.2, -0.15) is 36.1 Å². The first-order valence-corrected chi connectivity index (χ1v) is 11.1. The molecule has 5 rings (SSSR count). The number of rotatable bonds is 6. The molecular weight excluding hydrogens is 516 g/mol. The molecule has 4 aromatic rings. The van der Waals surface area contributed by atoms with Crippen LogP contribution in [0.5, 0.6) is 11.5 Å². The number of nitrogens with zero attached hydrogens (tertiary/aromatic N) is 2. The summed E-state index contributed by atoms with van der Waals surface area (Å²) in [5, 5.41) is 6.85. The second-order valence-corrected chi connectivity index (χ2v) is 8.29. The van der Waals surface area contributed by atoms with Crippen molar-refractivity contribution in [1.82, 2.24) is 15.1 Å². The van der Waals surface area contributed by atoms with Gasteiger partial charge in [0, 0.05) is 23.9 Å². The van der Waals surface area contributed by atoms with Gasteiger partial charge in [0.2, 0.25) is 0 Å². The number of carbonyl (C=O) groups excluding carboxylic acids is 1. The van der Waals surface area contributed by atoms with E-state index in [1.165, 1.54) is 36.5 Å². The van der Waals surface area contributed by atoms with Gasteiger partial charge in [0.25, 0.3) is 0 Å². The van der Waals surface area contributed by atoms with Crippen LogP contribution in [0.25, 0.3) is 22.4 Å². The van der Waals surface area contributed by atoms with Gasteiger partial charge in [-0.1, -0.05) is 36.4 Å². The van der Waals surface area contributed by atoms with Gasteiger partial charge in [0.05, 0.1) is 5.56 Å². The summed E-state index contributed by atoms with van der Waals surface area (Å²) in [5.74, 6) is -5.20. The molecule has 38 heavy (non-hydrogen) atoms. The number of hydrogen-bond donors (Lipinski definition) is 1. The highest BCUT2D eigenvalue weighted by Crippen LogP contribution is 2.53. The predicted molar refractivity (Wildman–Crippen MR) is 123 cm³/mol. The maximum atomic E-state index is 14.0. The van der Waals surface area contributed by atoms with Crippen molar-refractivity contribution in [2.75, 3.05) is 0 Å². The molecule has 0 saturated heterocycles. The van der Waals surface area contributed by atoms with Gasteiger partial charge in [-0.15, -0.1) is 0 Å². The Bertz CT molecular complexity index is 1470. The summed E-state index contributed by atoms with van der Waals surface area (Å²) >= 11 is 0. The smallest absolute Gasteiger partial charge is 0.435 e. The van der Waals surface area contributed by atoms with Crippen LogP contribution in [0.4, 0.5) is 31.1 Å². The van der Waals surface area contributed by atoms with Crippen LogP contribution in [0.1, 0.15) is 11.1 Å². The third-order valence-corrected chi connectivity index (χ3v) is 5.79. The molecule has 196 valence electrons. The number of aromatic nitrogens is 2. The molecule has 3 aromatic carbocycles. The van der Waals surface area contributed by atoms with Crippen LogP contribution >= 0.6 is 0 Å². The lowest BCUT2D eigenvalue weighted by molar-refractivity contribution is -0.296. The maximum Gasteiger partial charge on any atom is 0.469 e. The largest absolute Gasteiger partial charge is 0.469 e. The van der Waals surface area contributed by atoms with Crippen molar-refractivity contribution in [3.05, 3.63) is 90.1 Å². The summed E-state index contributed by atoms with van der Waals surface area (Å²) in [6, 6.07) is 17.1. The number of benzene rings is 3. The molecule has 0 spiro atoms. The molecular formula is C26H17F6N3O3. The van der Waals surface area contributed by atoms with E-state index in [0.717, 1.165) is 22.4 Å². The minimum absolute atomic E-state index is 0.0507. The van der Waals surface area contributed by atoms with Gasteiger partial charge in [0.1, 0.15) is 17.2 Å². The minimum Gasteiger partial charge on any atom is -0.435 e. The summed E-state index contributed by atoms with van der Waals surface area (Å²) in [4.78, 5) is 12.9. The molecule has 2 heterocycles. The van der Waals surface area contributed by atoms with Gasteiger partial charge in [-0.25, -0.2) is 4.79 Å². The first-order valence-electron chi connectivity index (χ1n) is 11.1. The number of halogens is 6. The van der Waals surface area contributed by atoms with E-state index in [2.05, 4.69) is 19.9 Å². The summed E-state index contributed by atoms with van der Waals surface area (Å²) in [7, 11) is 0. The van der Waals surface area contributed by atoms with E-state index in [9.17, 15) is 31.1 Å². The molecule has 1 amide bonds. The van der Waals surface area contributed by atoms with E-state index in [-0.39, 0.29) is 17.9 Å². The fourth-order valence-electron chi connectivity index (χ4n) is 3.95. The maximum absolute atomic E-state index is 14.0. The second kappa shape index (κ2) is 9.43. The van der Waals surface area contributed by atoms with Crippen LogP contribution in [-0.4, -0.2) is 28.5 Å². The molecule has 0 saturated carbocycles. The molecule has 1 aromatic heterocycles. The predicted octanol–water partition coefficient (Wildman–Crippen LogP) is 6.65. The van der Waals surface area contributed by atoms with Crippen molar-refractivity contribution in [2.24, 2.45) is 0 Å². The zero-order valence-corrected chi connectivity index (χ0v) is 19.2. The summed E-state index contributed by atoms with van der Waals surface area (Å²) in [6.07, 6.45) is -3.21. The highest BCUT2D eigenvalue weighted by molar-refractivity contribution is 5.85. The number of alkyl halides is 6. The average molecular weight is 533 g/mol. The number of nitrogens with one attached hydrogen (secondary N) is 1. The van der Waals surface area contributed by atoms with E-state index in [4.69, 9.17) is 0 Å². The van der Waals surface area contributed by atoms with E-state index >= 15 is 0 Å². The van der Waals surface area contributed by atoms with E-state index < -0.39 is 36.0 Å². The molecule has 1 N–H and O–H groups in total. The lowest BCUT2D eigenvalue weighted by atomic mass is 10.0. The molecule has 0 atom stereocenters. The average Bonchev–Trinajstić information content (AvgIpc) is 3.40. The molecule has 0 fully saturated rings. The van der Waals surface area contributed by atoms with Gasteiger partial charge < -0.3 is 14.8 Å². The second-order valence-electron chi connectivity index (χ2n) is 8.29. The Kier molecular flexibility index (Phi) is 6.25.